The van der Waals surface area contributed by atoms with Crippen molar-refractivity contribution >= 4 is 39.7 Å². The number of fused-ring (bicyclic) bond motifs is 2. The second-order valence-corrected chi connectivity index (χ2v) is 11.2. The lowest BCUT2D eigenvalue weighted by molar-refractivity contribution is 0.0671. The monoisotopic (exact) mass is 578 g/mol. The van der Waals surface area contributed by atoms with Crippen LogP contribution in [-0.2, 0) is 11.3 Å². The second kappa shape index (κ2) is 10.9. The van der Waals surface area contributed by atoms with Crippen molar-refractivity contribution in [1.82, 2.24) is 24.3 Å². The van der Waals surface area contributed by atoms with E-state index in [1.165, 1.54) is 23.5 Å². The maximum absolute atomic E-state index is 13.7. The van der Waals surface area contributed by atoms with Gasteiger partial charge in [0.1, 0.15) is 28.9 Å². The van der Waals surface area contributed by atoms with Crippen LogP contribution in [-0.4, -0.2) is 36.9 Å². The normalized spacial score (nSPS) is 15.4. The van der Waals surface area contributed by atoms with E-state index in [1.54, 1.807) is 23.5 Å². The lowest BCUT2D eigenvalue weighted by Gasteiger charge is -2.33. The average Bonchev–Trinajstić information content (AvgIpc) is 3.68. The van der Waals surface area contributed by atoms with Gasteiger partial charge in [-0.05, 0) is 42.3 Å². The Labute approximate surface area is 245 Å². The highest BCUT2D eigenvalue weighted by Crippen LogP contribution is 2.38. The zero-order valence-corrected chi connectivity index (χ0v) is 23.4. The van der Waals surface area contributed by atoms with Gasteiger partial charge in [-0.25, -0.2) is 24.1 Å². The molecule has 1 aliphatic rings. The van der Waals surface area contributed by atoms with Crippen LogP contribution in [0, 0.1) is 5.82 Å². The van der Waals surface area contributed by atoms with Gasteiger partial charge in [-0.15, -0.1) is 11.3 Å². The minimum absolute atomic E-state index is 0.147. The molecule has 0 spiro atoms. The van der Waals surface area contributed by atoms with Gasteiger partial charge >= 0.3 is 6.09 Å². The lowest BCUT2D eigenvalue weighted by atomic mass is 10.0. The van der Waals surface area contributed by atoms with Gasteiger partial charge in [-0.1, -0.05) is 42.5 Å². The SMILES string of the molecule is Nc1ncc(-c2nc(C3CCCCN3C(=O)OCc3ccccc3)cs2)c2ccc(-c3cnc4cc(F)ccn34)cc12. The molecular weight excluding hydrogens is 551 g/mol. The molecular formula is C32H27FN6O2S. The first-order chi connectivity index (χ1) is 20.5. The molecule has 0 bridgehead atoms. The number of hydrogen-bond donors (Lipinski definition) is 1. The number of imidazole rings is 1. The second-order valence-electron chi connectivity index (χ2n) is 10.4. The van der Waals surface area contributed by atoms with Gasteiger partial charge in [0.25, 0.3) is 0 Å². The minimum Gasteiger partial charge on any atom is -0.445 e. The van der Waals surface area contributed by atoms with Crippen LogP contribution in [0.3, 0.4) is 0 Å². The van der Waals surface area contributed by atoms with Gasteiger partial charge in [0.2, 0.25) is 0 Å². The summed E-state index contributed by atoms with van der Waals surface area (Å²) in [7, 11) is 0. The van der Waals surface area contributed by atoms with Crippen molar-refractivity contribution in [2.24, 2.45) is 0 Å². The molecule has 1 atom stereocenters. The fourth-order valence-corrected chi connectivity index (χ4v) is 6.48. The highest BCUT2D eigenvalue weighted by atomic mass is 32.1. The number of hydrogen-bond acceptors (Lipinski definition) is 7. The molecule has 1 aliphatic heterocycles. The summed E-state index contributed by atoms with van der Waals surface area (Å²) < 4.78 is 21.2. The lowest BCUT2D eigenvalue weighted by Crippen LogP contribution is -2.39. The van der Waals surface area contributed by atoms with Gasteiger partial charge in [-0.2, -0.15) is 0 Å². The maximum Gasteiger partial charge on any atom is 0.410 e. The number of halogens is 1. The summed E-state index contributed by atoms with van der Waals surface area (Å²) in [6, 6.07) is 18.3. The Kier molecular flexibility index (Phi) is 6.75. The number of carbonyl (C=O) groups excluding carboxylic acids is 1. The number of thiazole rings is 1. The van der Waals surface area contributed by atoms with Crippen molar-refractivity contribution in [1.29, 1.82) is 0 Å². The van der Waals surface area contributed by atoms with Crippen LogP contribution in [0.2, 0.25) is 0 Å². The number of anilines is 1. The number of ether oxygens (including phenoxy) is 1. The first-order valence-electron chi connectivity index (χ1n) is 13.8. The van der Waals surface area contributed by atoms with Crippen LogP contribution in [0.4, 0.5) is 15.0 Å². The third kappa shape index (κ3) is 4.83. The van der Waals surface area contributed by atoms with E-state index in [0.29, 0.717) is 18.0 Å². The Balaban J connectivity index is 1.18. The number of pyridine rings is 2. The van der Waals surface area contributed by atoms with E-state index in [9.17, 15) is 9.18 Å². The molecule has 4 aromatic heterocycles. The van der Waals surface area contributed by atoms with E-state index in [2.05, 4.69) is 9.97 Å². The largest absolute Gasteiger partial charge is 0.445 e. The van der Waals surface area contributed by atoms with Gasteiger partial charge in [-0.3, -0.25) is 9.30 Å². The number of likely N-dealkylation sites (tertiary alicyclic amines) is 1. The first-order valence-corrected chi connectivity index (χ1v) is 14.7. The first kappa shape index (κ1) is 26.1. The van der Waals surface area contributed by atoms with Crippen molar-refractivity contribution in [2.45, 2.75) is 31.9 Å². The molecule has 5 heterocycles. The summed E-state index contributed by atoms with van der Waals surface area (Å²) in [6.45, 7) is 0.873. The fourth-order valence-electron chi connectivity index (χ4n) is 5.59. The minimum atomic E-state index is -0.334. The van der Waals surface area contributed by atoms with Gasteiger partial charge < -0.3 is 10.5 Å². The van der Waals surface area contributed by atoms with Gasteiger partial charge in [0.15, 0.2) is 0 Å². The van der Waals surface area contributed by atoms with Gasteiger partial charge in [0.05, 0.1) is 23.6 Å². The highest BCUT2D eigenvalue weighted by Gasteiger charge is 2.31. The maximum atomic E-state index is 13.7. The third-order valence-corrected chi connectivity index (χ3v) is 8.62. The number of rotatable bonds is 5. The molecule has 42 heavy (non-hydrogen) atoms. The molecule has 1 saturated heterocycles. The standard InChI is InChI=1S/C32H27FN6O2S/c33-22-11-13-38-28(17-35-29(38)15-22)21-9-10-23-24(14-21)30(34)36-16-25(23)31-37-26(19-42-31)27-8-4-5-12-39(27)32(40)41-18-20-6-2-1-3-7-20/h1-3,6-7,9-11,13-17,19,27H,4-5,8,12,18H2,(H2,34,36). The number of nitrogens with two attached hydrogens (primary N) is 1. The summed E-state index contributed by atoms with van der Waals surface area (Å²) in [6.07, 6.45) is 7.60. The Hall–Kier alpha value is -4.83. The van der Waals surface area contributed by atoms with Crippen LogP contribution in [0.5, 0.6) is 0 Å². The number of amides is 1. The molecule has 7 rings (SSSR count). The van der Waals surface area contributed by atoms with Crippen LogP contribution < -0.4 is 5.73 Å². The smallest absolute Gasteiger partial charge is 0.410 e. The Morgan fingerprint density at radius 2 is 1.93 bits per heavy atom. The Morgan fingerprint density at radius 1 is 1.05 bits per heavy atom. The number of nitrogens with zero attached hydrogens (tertiary/aromatic N) is 5. The van der Waals surface area contributed by atoms with Crippen molar-refractivity contribution in [2.75, 3.05) is 12.3 Å². The van der Waals surface area contributed by atoms with Crippen LogP contribution in [0.1, 0.15) is 36.6 Å². The number of carbonyl (C=O) groups is 1. The molecule has 0 radical (unpaired) electrons. The van der Waals surface area contributed by atoms with E-state index in [1.807, 2.05) is 58.3 Å². The highest BCUT2D eigenvalue weighted by molar-refractivity contribution is 7.13. The Bertz CT molecular complexity index is 1920. The third-order valence-electron chi connectivity index (χ3n) is 7.73. The summed E-state index contributed by atoms with van der Waals surface area (Å²) in [5.74, 6) is 0.0753. The van der Waals surface area contributed by atoms with E-state index >= 15 is 0 Å². The van der Waals surface area contributed by atoms with Crippen LogP contribution in [0.15, 0.2) is 84.6 Å². The van der Waals surface area contributed by atoms with E-state index in [-0.39, 0.29) is 24.6 Å². The van der Waals surface area contributed by atoms with Crippen LogP contribution in [0.25, 0.3) is 38.2 Å². The molecule has 10 heteroatoms. The van der Waals surface area contributed by atoms with Crippen molar-refractivity contribution in [3.63, 3.8) is 0 Å². The number of nitrogen functional groups attached to an aromatic ring is 1. The molecule has 2 aromatic carbocycles. The average molecular weight is 579 g/mol. The zero-order valence-electron chi connectivity index (χ0n) is 22.6. The summed E-state index contributed by atoms with van der Waals surface area (Å²) in [4.78, 5) is 28.7. The molecule has 2 N–H and O–H groups in total. The zero-order chi connectivity index (χ0) is 28.6. The van der Waals surface area contributed by atoms with E-state index in [0.717, 1.165) is 63.1 Å². The Morgan fingerprint density at radius 3 is 2.81 bits per heavy atom. The quantitative estimate of drug-likeness (QED) is 0.231. The van der Waals surface area contributed by atoms with Crippen molar-refractivity contribution in [3.8, 4) is 21.8 Å². The van der Waals surface area contributed by atoms with Crippen molar-refractivity contribution < 1.29 is 13.9 Å². The van der Waals surface area contributed by atoms with E-state index in [4.69, 9.17) is 15.5 Å². The predicted molar refractivity (Wildman–Crippen MR) is 161 cm³/mol. The molecule has 210 valence electrons. The van der Waals surface area contributed by atoms with Crippen molar-refractivity contribution in [3.05, 3.63) is 102 Å². The van der Waals surface area contributed by atoms with Gasteiger partial charge in [0, 0.05) is 46.9 Å². The molecule has 1 unspecified atom stereocenters. The van der Waals surface area contributed by atoms with E-state index < -0.39 is 0 Å². The number of aromatic nitrogens is 4. The summed E-state index contributed by atoms with van der Waals surface area (Å²) >= 11 is 1.53. The molecule has 8 nitrogen and oxygen atoms in total. The molecule has 1 amide bonds. The van der Waals surface area contributed by atoms with Crippen LogP contribution >= 0.6 is 11.3 Å². The molecule has 0 saturated carbocycles. The predicted octanol–water partition coefficient (Wildman–Crippen LogP) is 7.26. The molecule has 0 aliphatic carbocycles. The summed E-state index contributed by atoms with van der Waals surface area (Å²) in [5.41, 5.74) is 11.3. The molecule has 6 aromatic rings. The summed E-state index contributed by atoms with van der Waals surface area (Å²) in [5, 5.41) is 4.55. The fraction of sp³-hybridized carbons (Fsp3) is 0.188. The topological polar surface area (TPSA) is 98.6 Å². The molecule has 1 fully saturated rings. The number of benzene rings is 2. The number of piperidine rings is 1.